The van der Waals surface area contributed by atoms with Gasteiger partial charge in [0.1, 0.15) is 0 Å². The summed E-state index contributed by atoms with van der Waals surface area (Å²) in [6.45, 7) is 6.52. The molecular weight excluding hydrogens is 240 g/mol. The minimum absolute atomic E-state index is 0.415. The third-order valence-electron chi connectivity index (χ3n) is 3.31. The fourth-order valence-electron chi connectivity index (χ4n) is 2.11. The van der Waals surface area contributed by atoms with Gasteiger partial charge in [-0.15, -0.1) is 11.3 Å². The van der Waals surface area contributed by atoms with E-state index in [1.165, 1.54) is 10.4 Å². The highest BCUT2D eigenvalue weighted by molar-refractivity contribution is 7.09. The van der Waals surface area contributed by atoms with Crippen LogP contribution in [-0.2, 0) is 6.54 Å². The monoisotopic (exact) mass is 260 g/mol. The summed E-state index contributed by atoms with van der Waals surface area (Å²) in [4.78, 5) is 3.89. The Balaban J connectivity index is 2.09. The fraction of sp³-hybridized carbons (Fsp3) is 0.333. The van der Waals surface area contributed by atoms with Crippen LogP contribution in [0.15, 0.2) is 41.8 Å². The lowest BCUT2D eigenvalue weighted by Crippen LogP contribution is -2.25. The van der Waals surface area contributed by atoms with E-state index in [1.54, 1.807) is 0 Å². The van der Waals surface area contributed by atoms with Gasteiger partial charge in [-0.25, -0.2) is 0 Å². The molecule has 2 nitrogen and oxygen atoms in total. The summed E-state index contributed by atoms with van der Waals surface area (Å²) in [6.07, 6.45) is 0. The molecule has 18 heavy (non-hydrogen) atoms. The Morgan fingerprint density at radius 2 is 1.94 bits per heavy atom. The van der Waals surface area contributed by atoms with Gasteiger partial charge in [-0.3, -0.25) is 4.90 Å². The Bertz CT molecular complexity index is 462. The van der Waals surface area contributed by atoms with E-state index in [0.717, 1.165) is 18.8 Å². The Labute approximate surface area is 113 Å². The average Bonchev–Trinajstić information content (AvgIpc) is 2.89. The van der Waals surface area contributed by atoms with Crippen molar-refractivity contribution in [3.8, 4) is 0 Å². The summed E-state index contributed by atoms with van der Waals surface area (Å²) >= 11 is 1.82. The first-order valence-electron chi connectivity index (χ1n) is 6.32. The van der Waals surface area contributed by atoms with Gasteiger partial charge in [0.25, 0.3) is 0 Å². The molecule has 1 aromatic carbocycles. The standard InChI is InChI=1S/C15H20N2S/c1-3-17(11-15-5-4-10-18-15)12(2)13-6-8-14(16)9-7-13/h4-10,12H,3,11,16H2,1-2H3. The lowest BCUT2D eigenvalue weighted by Gasteiger charge is -2.27. The number of nitrogens with two attached hydrogens (primary N) is 1. The van der Waals surface area contributed by atoms with E-state index in [2.05, 4.69) is 48.4 Å². The molecule has 0 aliphatic rings. The topological polar surface area (TPSA) is 29.3 Å². The van der Waals surface area contributed by atoms with Crippen molar-refractivity contribution in [1.29, 1.82) is 0 Å². The summed E-state index contributed by atoms with van der Waals surface area (Å²) in [5.74, 6) is 0. The number of nitrogens with zero attached hydrogens (tertiary/aromatic N) is 1. The molecule has 0 saturated heterocycles. The van der Waals surface area contributed by atoms with Gasteiger partial charge in [0.15, 0.2) is 0 Å². The van der Waals surface area contributed by atoms with E-state index in [9.17, 15) is 0 Å². The summed E-state index contributed by atoms with van der Waals surface area (Å²) in [5.41, 5.74) is 7.88. The van der Waals surface area contributed by atoms with Crippen LogP contribution in [0.25, 0.3) is 0 Å². The Morgan fingerprint density at radius 1 is 1.22 bits per heavy atom. The second-order valence-electron chi connectivity index (χ2n) is 4.49. The SMILES string of the molecule is CCN(Cc1cccs1)C(C)c1ccc(N)cc1. The van der Waals surface area contributed by atoms with Gasteiger partial charge < -0.3 is 5.73 Å². The Morgan fingerprint density at radius 3 is 2.50 bits per heavy atom. The zero-order valence-corrected chi connectivity index (χ0v) is 11.8. The van der Waals surface area contributed by atoms with E-state index >= 15 is 0 Å². The van der Waals surface area contributed by atoms with Crippen molar-refractivity contribution in [1.82, 2.24) is 4.90 Å². The van der Waals surface area contributed by atoms with E-state index in [4.69, 9.17) is 5.73 Å². The first-order chi connectivity index (χ1) is 8.70. The molecule has 0 bridgehead atoms. The Kier molecular flexibility index (Phi) is 4.39. The van der Waals surface area contributed by atoms with Crippen LogP contribution < -0.4 is 5.73 Å². The van der Waals surface area contributed by atoms with Crippen molar-refractivity contribution < 1.29 is 0 Å². The summed E-state index contributed by atoms with van der Waals surface area (Å²) in [6, 6.07) is 12.9. The van der Waals surface area contributed by atoms with Crippen molar-refractivity contribution in [3.63, 3.8) is 0 Å². The van der Waals surface area contributed by atoms with Crippen molar-refractivity contribution >= 4 is 17.0 Å². The van der Waals surface area contributed by atoms with Crippen molar-refractivity contribution in [2.45, 2.75) is 26.4 Å². The fourth-order valence-corrected chi connectivity index (χ4v) is 2.84. The van der Waals surface area contributed by atoms with Crippen molar-refractivity contribution in [2.24, 2.45) is 0 Å². The molecule has 0 fully saturated rings. The van der Waals surface area contributed by atoms with E-state index in [-0.39, 0.29) is 0 Å². The molecule has 2 aromatic rings. The zero-order chi connectivity index (χ0) is 13.0. The lowest BCUT2D eigenvalue weighted by atomic mass is 10.1. The third-order valence-corrected chi connectivity index (χ3v) is 4.17. The largest absolute Gasteiger partial charge is 0.399 e. The third kappa shape index (κ3) is 3.12. The molecule has 96 valence electrons. The van der Waals surface area contributed by atoms with Crippen molar-refractivity contribution in [3.05, 3.63) is 52.2 Å². The molecule has 2 N–H and O–H groups in total. The number of nitrogen functional groups attached to an aromatic ring is 1. The van der Waals surface area contributed by atoms with Crippen LogP contribution in [0, 0.1) is 0 Å². The highest BCUT2D eigenvalue weighted by Crippen LogP contribution is 2.24. The molecule has 0 radical (unpaired) electrons. The molecule has 0 aliphatic heterocycles. The highest BCUT2D eigenvalue weighted by Gasteiger charge is 2.14. The van der Waals surface area contributed by atoms with E-state index in [0.29, 0.717) is 6.04 Å². The van der Waals surface area contributed by atoms with E-state index in [1.807, 2.05) is 23.5 Å². The molecule has 2 rings (SSSR count). The quantitative estimate of drug-likeness (QED) is 0.826. The molecule has 0 spiro atoms. The van der Waals surface area contributed by atoms with Gasteiger partial charge in [0.05, 0.1) is 0 Å². The van der Waals surface area contributed by atoms with Crippen LogP contribution in [0.5, 0.6) is 0 Å². The van der Waals surface area contributed by atoms with Gasteiger partial charge in [0.2, 0.25) is 0 Å². The number of anilines is 1. The molecular formula is C15H20N2S. The molecule has 1 unspecified atom stereocenters. The number of hydrogen-bond acceptors (Lipinski definition) is 3. The van der Waals surface area contributed by atoms with Crippen LogP contribution >= 0.6 is 11.3 Å². The average molecular weight is 260 g/mol. The first kappa shape index (κ1) is 13.1. The van der Waals surface area contributed by atoms with Crippen LogP contribution in [0.2, 0.25) is 0 Å². The molecule has 1 atom stereocenters. The summed E-state index contributed by atoms with van der Waals surface area (Å²) in [5, 5.41) is 2.14. The molecule has 0 aliphatic carbocycles. The van der Waals surface area contributed by atoms with Crippen LogP contribution in [0.4, 0.5) is 5.69 Å². The molecule has 0 saturated carbocycles. The number of hydrogen-bond donors (Lipinski definition) is 1. The van der Waals surface area contributed by atoms with Crippen LogP contribution in [0.1, 0.15) is 30.3 Å². The maximum atomic E-state index is 5.73. The van der Waals surface area contributed by atoms with Gasteiger partial charge in [0, 0.05) is 23.2 Å². The smallest absolute Gasteiger partial charge is 0.0333 e. The highest BCUT2D eigenvalue weighted by atomic mass is 32.1. The lowest BCUT2D eigenvalue weighted by molar-refractivity contribution is 0.215. The summed E-state index contributed by atoms with van der Waals surface area (Å²) < 4.78 is 0. The number of rotatable bonds is 5. The van der Waals surface area contributed by atoms with Gasteiger partial charge in [-0.2, -0.15) is 0 Å². The number of benzene rings is 1. The minimum atomic E-state index is 0.415. The van der Waals surface area contributed by atoms with Crippen LogP contribution in [0.3, 0.4) is 0 Å². The predicted octanol–water partition coefficient (Wildman–Crippen LogP) is 3.91. The second-order valence-corrected chi connectivity index (χ2v) is 5.52. The molecule has 1 heterocycles. The van der Waals surface area contributed by atoms with Gasteiger partial charge >= 0.3 is 0 Å². The molecule has 0 amide bonds. The first-order valence-corrected chi connectivity index (χ1v) is 7.20. The molecule has 1 aromatic heterocycles. The van der Waals surface area contributed by atoms with Crippen LogP contribution in [-0.4, -0.2) is 11.4 Å². The van der Waals surface area contributed by atoms with Gasteiger partial charge in [-0.1, -0.05) is 25.1 Å². The predicted molar refractivity (Wildman–Crippen MR) is 79.7 cm³/mol. The Hall–Kier alpha value is -1.32. The maximum absolute atomic E-state index is 5.73. The second kappa shape index (κ2) is 6.03. The van der Waals surface area contributed by atoms with Crippen molar-refractivity contribution in [2.75, 3.05) is 12.3 Å². The zero-order valence-electron chi connectivity index (χ0n) is 11.0. The normalized spacial score (nSPS) is 12.8. The molecule has 3 heteroatoms. The maximum Gasteiger partial charge on any atom is 0.0333 e. The van der Waals surface area contributed by atoms with E-state index < -0.39 is 0 Å². The number of thiophene rings is 1. The summed E-state index contributed by atoms with van der Waals surface area (Å²) in [7, 11) is 0. The van der Waals surface area contributed by atoms with Gasteiger partial charge in [-0.05, 0) is 42.6 Å². The minimum Gasteiger partial charge on any atom is -0.399 e.